The summed E-state index contributed by atoms with van der Waals surface area (Å²) in [4.78, 5) is 4.86. The third-order valence-electron chi connectivity index (χ3n) is 5.00. The van der Waals surface area contributed by atoms with Gasteiger partial charge in [0.1, 0.15) is 0 Å². The molecule has 0 aliphatic heterocycles. The van der Waals surface area contributed by atoms with E-state index < -0.39 is 0 Å². The Balaban J connectivity index is 1.46. The predicted molar refractivity (Wildman–Crippen MR) is 112 cm³/mol. The lowest BCUT2D eigenvalue weighted by atomic mass is 10.1. The molecule has 0 bridgehead atoms. The van der Waals surface area contributed by atoms with E-state index in [2.05, 4.69) is 76.9 Å². The molecule has 3 aromatic heterocycles. The Morgan fingerprint density at radius 3 is 2.67 bits per heavy atom. The first-order valence-corrected chi connectivity index (χ1v) is 9.62. The van der Waals surface area contributed by atoms with E-state index in [1.807, 2.05) is 17.4 Å². The van der Waals surface area contributed by atoms with Crippen LogP contribution in [-0.4, -0.2) is 10.1 Å². The van der Waals surface area contributed by atoms with Crippen LogP contribution in [0.2, 0.25) is 0 Å². The van der Waals surface area contributed by atoms with E-state index in [1.54, 1.807) is 6.20 Å². The highest BCUT2D eigenvalue weighted by atomic mass is 32.1. The zero-order chi connectivity index (χ0) is 17.8. The lowest BCUT2D eigenvalue weighted by Crippen LogP contribution is -1.77. The highest BCUT2D eigenvalue weighted by Crippen LogP contribution is 2.35. The molecule has 0 atom stereocenters. The van der Waals surface area contributed by atoms with E-state index >= 15 is 0 Å². The number of fused-ring (bicyclic) bond motifs is 3. The molecule has 128 valence electrons. The molecule has 0 aliphatic rings. The minimum atomic E-state index is 0.807. The molecule has 3 nitrogen and oxygen atoms in total. The van der Waals surface area contributed by atoms with Crippen LogP contribution in [-0.2, 0) is 0 Å². The van der Waals surface area contributed by atoms with Crippen LogP contribution in [0.1, 0.15) is 0 Å². The molecule has 0 aliphatic carbocycles. The van der Waals surface area contributed by atoms with Crippen LogP contribution in [0, 0.1) is 0 Å². The second kappa shape index (κ2) is 5.56. The Morgan fingerprint density at radius 1 is 0.778 bits per heavy atom. The van der Waals surface area contributed by atoms with Crippen molar-refractivity contribution in [2.24, 2.45) is 0 Å². The molecule has 0 spiro atoms. The number of thiophene rings is 1. The summed E-state index contributed by atoms with van der Waals surface area (Å²) in [5, 5.41) is 7.38. The van der Waals surface area contributed by atoms with Gasteiger partial charge in [0.05, 0.1) is 6.20 Å². The van der Waals surface area contributed by atoms with Gasteiger partial charge in [-0.05, 0) is 59.0 Å². The van der Waals surface area contributed by atoms with Crippen molar-refractivity contribution in [3.8, 4) is 21.7 Å². The summed E-state index contributed by atoms with van der Waals surface area (Å²) >= 11 is 1.83. The maximum absolute atomic E-state index is 5.20. The number of hydrogen-bond donors (Lipinski definition) is 1. The molecule has 0 amide bonds. The fourth-order valence-electron chi connectivity index (χ4n) is 3.60. The zero-order valence-corrected chi connectivity index (χ0v) is 15.1. The van der Waals surface area contributed by atoms with E-state index in [4.69, 9.17) is 4.52 Å². The summed E-state index contributed by atoms with van der Waals surface area (Å²) in [6.07, 6.45) is 1.75. The zero-order valence-electron chi connectivity index (χ0n) is 14.3. The first kappa shape index (κ1) is 14.8. The van der Waals surface area contributed by atoms with E-state index in [9.17, 15) is 0 Å². The second-order valence-electron chi connectivity index (χ2n) is 6.71. The number of aromatic nitrogens is 2. The Morgan fingerprint density at radius 2 is 1.70 bits per heavy atom. The van der Waals surface area contributed by atoms with Gasteiger partial charge in [0, 0.05) is 31.6 Å². The maximum Gasteiger partial charge on any atom is 0.166 e. The lowest BCUT2D eigenvalue weighted by Gasteiger charge is -1.98. The van der Waals surface area contributed by atoms with Gasteiger partial charge < -0.3 is 9.51 Å². The number of hydrogen-bond acceptors (Lipinski definition) is 3. The van der Waals surface area contributed by atoms with Gasteiger partial charge in [0.15, 0.2) is 5.58 Å². The summed E-state index contributed by atoms with van der Waals surface area (Å²) in [6.45, 7) is 0. The highest BCUT2D eigenvalue weighted by molar-refractivity contribution is 7.22. The predicted octanol–water partition coefficient (Wildman–Crippen LogP) is 6.86. The normalized spacial score (nSPS) is 11.7. The summed E-state index contributed by atoms with van der Waals surface area (Å²) in [6, 6.07) is 25.7. The highest BCUT2D eigenvalue weighted by Gasteiger charge is 2.09. The van der Waals surface area contributed by atoms with Crippen LogP contribution < -0.4 is 0 Å². The van der Waals surface area contributed by atoms with Gasteiger partial charge in [0.2, 0.25) is 0 Å². The molecule has 27 heavy (non-hydrogen) atoms. The number of rotatable bonds is 2. The molecule has 6 rings (SSSR count). The van der Waals surface area contributed by atoms with Crippen molar-refractivity contribution in [3.05, 3.63) is 79.0 Å². The molecule has 3 aromatic carbocycles. The van der Waals surface area contributed by atoms with Crippen molar-refractivity contribution < 1.29 is 4.52 Å². The molecular weight excluding hydrogens is 352 g/mol. The summed E-state index contributed by atoms with van der Waals surface area (Å²) in [5.41, 5.74) is 5.42. The van der Waals surface area contributed by atoms with E-state index in [0.29, 0.717) is 0 Å². The molecule has 0 saturated carbocycles. The topological polar surface area (TPSA) is 41.8 Å². The Hall–Kier alpha value is -3.37. The Bertz CT molecular complexity index is 1400. The number of aromatic amines is 1. The smallest absolute Gasteiger partial charge is 0.166 e. The number of nitrogens with zero attached hydrogens (tertiary/aromatic N) is 1. The van der Waals surface area contributed by atoms with Gasteiger partial charge in [-0.3, -0.25) is 0 Å². The van der Waals surface area contributed by atoms with E-state index in [1.165, 1.54) is 25.9 Å². The molecule has 4 heteroatoms. The minimum Gasteiger partial charge on any atom is -0.356 e. The van der Waals surface area contributed by atoms with Gasteiger partial charge in [-0.15, -0.1) is 11.3 Å². The Labute approximate surface area is 158 Å². The third-order valence-corrected chi connectivity index (χ3v) is 6.16. The lowest BCUT2D eigenvalue weighted by molar-refractivity contribution is 0.456. The molecule has 3 heterocycles. The average molecular weight is 366 g/mol. The van der Waals surface area contributed by atoms with Crippen molar-refractivity contribution in [2.45, 2.75) is 0 Å². The molecule has 0 radical (unpaired) electrons. The molecule has 0 fully saturated rings. The van der Waals surface area contributed by atoms with Crippen molar-refractivity contribution in [2.75, 3.05) is 0 Å². The minimum absolute atomic E-state index is 0.807. The monoisotopic (exact) mass is 366 g/mol. The summed E-state index contributed by atoms with van der Waals surface area (Å²) < 4.78 is 6.52. The molecule has 0 saturated heterocycles. The SMILES string of the molecule is c1ccc2sc(-c3ccc4cc(-c5ccc6oncc6c5)[nH]c4c3)cc2c1. The van der Waals surface area contributed by atoms with Crippen molar-refractivity contribution >= 4 is 43.3 Å². The molecule has 6 aromatic rings. The average Bonchev–Trinajstić information content (AvgIpc) is 3.42. The van der Waals surface area contributed by atoms with Crippen LogP contribution in [0.3, 0.4) is 0 Å². The largest absolute Gasteiger partial charge is 0.356 e. The first-order chi connectivity index (χ1) is 13.3. The fraction of sp³-hybridized carbons (Fsp3) is 0. The van der Waals surface area contributed by atoms with Crippen LogP contribution >= 0.6 is 11.3 Å². The van der Waals surface area contributed by atoms with Gasteiger partial charge in [0.25, 0.3) is 0 Å². The van der Waals surface area contributed by atoms with Crippen LogP contribution in [0.15, 0.2) is 83.5 Å². The fourth-order valence-corrected chi connectivity index (χ4v) is 4.66. The standard InChI is InChI=1S/C23H14N2OS/c1-2-4-22-16(3-1)12-23(27-22)17-6-5-15-10-19(25-20(15)11-17)14-7-8-21-18(9-14)13-24-26-21/h1-13,25H. The van der Waals surface area contributed by atoms with Gasteiger partial charge in [-0.1, -0.05) is 35.5 Å². The van der Waals surface area contributed by atoms with Gasteiger partial charge >= 0.3 is 0 Å². The second-order valence-corrected chi connectivity index (χ2v) is 7.80. The van der Waals surface area contributed by atoms with Crippen LogP contribution in [0.4, 0.5) is 0 Å². The summed E-state index contributed by atoms with van der Waals surface area (Å²) in [5.74, 6) is 0. The van der Waals surface area contributed by atoms with Crippen LogP contribution in [0.25, 0.3) is 53.7 Å². The molecule has 1 N–H and O–H groups in total. The number of nitrogens with one attached hydrogen (secondary N) is 1. The summed E-state index contributed by atoms with van der Waals surface area (Å²) in [7, 11) is 0. The molecule has 0 unspecified atom stereocenters. The van der Waals surface area contributed by atoms with Crippen molar-refractivity contribution in [1.29, 1.82) is 0 Å². The first-order valence-electron chi connectivity index (χ1n) is 8.80. The van der Waals surface area contributed by atoms with E-state index in [0.717, 1.165) is 27.7 Å². The van der Waals surface area contributed by atoms with Crippen LogP contribution in [0.5, 0.6) is 0 Å². The number of benzene rings is 3. The number of H-pyrrole nitrogens is 1. The Kier molecular flexibility index (Phi) is 3.04. The van der Waals surface area contributed by atoms with E-state index in [-0.39, 0.29) is 0 Å². The van der Waals surface area contributed by atoms with Gasteiger partial charge in [-0.2, -0.15) is 0 Å². The molecular formula is C23H14N2OS. The third kappa shape index (κ3) is 2.38. The quantitative estimate of drug-likeness (QED) is 0.364. The van der Waals surface area contributed by atoms with Gasteiger partial charge in [-0.25, -0.2) is 0 Å². The van der Waals surface area contributed by atoms with Crippen molar-refractivity contribution in [1.82, 2.24) is 10.1 Å². The maximum atomic E-state index is 5.20. The van der Waals surface area contributed by atoms with Crippen molar-refractivity contribution in [3.63, 3.8) is 0 Å².